The van der Waals surface area contributed by atoms with E-state index in [2.05, 4.69) is 0 Å². The van der Waals surface area contributed by atoms with Crippen LogP contribution in [0, 0.1) is 5.92 Å². The Morgan fingerprint density at radius 2 is 2.00 bits per heavy atom. The minimum atomic E-state index is -1.51. The number of carboxylic acid groups (broad SMARTS) is 1. The van der Waals surface area contributed by atoms with E-state index in [0.717, 1.165) is 4.90 Å². The molecule has 0 bridgehead atoms. The average molecular weight is 272 g/mol. The molecule has 0 aromatic carbocycles. The van der Waals surface area contributed by atoms with E-state index in [4.69, 9.17) is 0 Å². The second-order valence-corrected chi connectivity index (χ2v) is 7.40. The SMILES string of the molecule is CC(=O)C[C@@H]1C(=O)N2[C@@H]1S(=O)C(C)(C)[C@@H]2C(=O)[O-]. The summed E-state index contributed by atoms with van der Waals surface area (Å²) in [4.78, 5) is 35.2. The second-order valence-electron chi connectivity index (χ2n) is 5.27. The highest BCUT2D eigenvalue weighted by Crippen LogP contribution is 2.47. The summed E-state index contributed by atoms with van der Waals surface area (Å²) in [5, 5.41) is 10.5. The summed E-state index contributed by atoms with van der Waals surface area (Å²) in [6, 6.07) is -1.18. The molecule has 0 spiro atoms. The summed E-state index contributed by atoms with van der Waals surface area (Å²) in [7, 11) is -1.51. The van der Waals surface area contributed by atoms with Crippen LogP contribution in [0.2, 0.25) is 0 Å². The van der Waals surface area contributed by atoms with Crippen molar-refractivity contribution in [2.75, 3.05) is 0 Å². The number of ketones is 1. The molecule has 2 aliphatic heterocycles. The molecule has 0 aliphatic carbocycles. The number of Topliss-reactive ketones (excluding diaryl/α,β-unsaturated/α-hetero) is 1. The van der Waals surface area contributed by atoms with E-state index in [1.165, 1.54) is 6.92 Å². The zero-order valence-electron chi connectivity index (χ0n) is 10.3. The predicted octanol–water partition coefficient (Wildman–Crippen LogP) is -1.59. The van der Waals surface area contributed by atoms with Gasteiger partial charge < -0.3 is 19.6 Å². The standard InChI is InChI=1S/C11H15NO5S/c1-5(13)4-6-8(14)12-7(10(15)16)11(2,3)18(17)9(6)12/h6-7,9H,4H2,1-3H3,(H,15,16)/p-1/t6-,7+,9-,18?/m1/s1. The number of carboxylic acids is 1. The van der Waals surface area contributed by atoms with Gasteiger partial charge in [0.25, 0.3) is 0 Å². The van der Waals surface area contributed by atoms with E-state index < -0.39 is 44.8 Å². The number of nitrogens with zero attached hydrogens (tertiary/aromatic N) is 1. The molecular formula is C11H14NO5S-. The topological polar surface area (TPSA) is 94.6 Å². The van der Waals surface area contributed by atoms with Gasteiger partial charge in [-0.3, -0.25) is 9.00 Å². The lowest BCUT2D eigenvalue weighted by molar-refractivity contribution is -0.312. The Morgan fingerprint density at radius 1 is 1.44 bits per heavy atom. The predicted molar refractivity (Wildman–Crippen MR) is 60.4 cm³/mol. The molecule has 1 unspecified atom stereocenters. The van der Waals surface area contributed by atoms with Gasteiger partial charge in [0.05, 0.1) is 33.5 Å². The molecule has 2 aliphatic rings. The van der Waals surface area contributed by atoms with Crippen LogP contribution in [0.1, 0.15) is 27.2 Å². The number of rotatable bonds is 3. The van der Waals surface area contributed by atoms with E-state index in [0.29, 0.717) is 0 Å². The van der Waals surface area contributed by atoms with Crippen molar-refractivity contribution >= 4 is 28.5 Å². The van der Waals surface area contributed by atoms with Crippen molar-refractivity contribution in [3.05, 3.63) is 0 Å². The largest absolute Gasteiger partial charge is 0.548 e. The minimum absolute atomic E-state index is 0.0155. The van der Waals surface area contributed by atoms with E-state index in [1.54, 1.807) is 13.8 Å². The van der Waals surface area contributed by atoms with Crippen molar-refractivity contribution in [1.82, 2.24) is 4.90 Å². The van der Waals surface area contributed by atoms with Crippen molar-refractivity contribution in [2.24, 2.45) is 5.92 Å². The minimum Gasteiger partial charge on any atom is -0.548 e. The smallest absolute Gasteiger partial charge is 0.230 e. The molecule has 18 heavy (non-hydrogen) atoms. The van der Waals surface area contributed by atoms with Crippen LogP contribution in [0.3, 0.4) is 0 Å². The fraction of sp³-hybridized carbons (Fsp3) is 0.727. The molecule has 0 radical (unpaired) electrons. The molecule has 0 saturated carbocycles. The molecule has 4 atom stereocenters. The Balaban J connectivity index is 2.34. The Hall–Kier alpha value is -1.24. The number of aliphatic carboxylic acids is 1. The van der Waals surface area contributed by atoms with Gasteiger partial charge in [-0.05, 0) is 20.8 Å². The molecule has 2 fully saturated rings. The summed E-state index contributed by atoms with van der Waals surface area (Å²) < 4.78 is 11.2. The average Bonchev–Trinajstić information content (AvgIpc) is 2.42. The van der Waals surface area contributed by atoms with Crippen LogP contribution in [0.25, 0.3) is 0 Å². The summed E-state index contributed by atoms with van der Waals surface area (Å²) in [5.41, 5.74) is 0. The van der Waals surface area contributed by atoms with Gasteiger partial charge in [-0.1, -0.05) is 0 Å². The molecule has 2 heterocycles. The van der Waals surface area contributed by atoms with Crippen LogP contribution in [0.4, 0.5) is 0 Å². The zero-order chi connectivity index (χ0) is 13.8. The molecule has 7 heteroatoms. The highest BCUT2D eigenvalue weighted by molar-refractivity contribution is 7.87. The molecular weight excluding hydrogens is 258 g/mol. The Labute approximate surface area is 107 Å². The van der Waals surface area contributed by atoms with Crippen molar-refractivity contribution in [2.45, 2.75) is 43.4 Å². The van der Waals surface area contributed by atoms with Crippen molar-refractivity contribution < 1.29 is 23.7 Å². The highest BCUT2D eigenvalue weighted by atomic mass is 32.2. The van der Waals surface area contributed by atoms with Crippen LogP contribution < -0.4 is 5.11 Å². The molecule has 0 aromatic heterocycles. The van der Waals surface area contributed by atoms with E-state index >= 15 is 0 Å². The maximum absolute atomic E-state index is 12.3. The number of β-lactam (4-membered cyclic amide) rings is 1. The number of fused-ring (bicyclic) bond motifs is 1. The number of carbonyl (C=O) groups excluding carboxylic acids is 3. The number of hydrogen-bond donors (Lipinski definition) is 0. The van der Waals surface area contributed by atoms with E-state index in [-0.39, 0.29) is 12.2 Å². The third-order valence-corrected chi connectivity index (χ3v) is 5.85. The maximum Gasteiger partial charge on any atom is 0.230 e. The zero-order valence-corrected chi connectivity index (χ0v) is 11.2. The highest BCUT2D eigenvalue weighted by Gasteiger charge is 2.65. The first-order chi connectivity index (χ1) is 8.19. The third kappa shape index (κ3) is 1.53. The van der Waals surface area contributed by atoms with Gasteiger partial charge in [-0.15, -0.1) is 0 Å². The van der Waals surface area contributed by atoms with Crippen LogP contribution >= 0.6 is 0 Å². The van der Waals surface area contributed by atoms with Crippen LogP contribution in [-0.2, 0) is 25.2 Å². The van der Waals surface area contributed by atoms with Crippen LogP contribution in [-0.4, -0.2) is 42.9 Å². The van der Waals surface area contributed by atoms with Crippen LogP contribution in [0.5, 0.6) is 0 Å². The second kappa shape index (κ2) is 3.88. The fourth-order valence-electron chi connectivity index (χ4n) is 2.73. The lowest BCUT2D eigenvalue weighted by Gasteiger charge is -2.44. The number of amides is 1. The van der Waals surface area contributed by atoms with E-state index in [9.17, 15) is 23.7 Å². The quantitative estimate of drug-likeness (QED) is 0.577. The molecule has 0 aromatic rings. The first kappa shape index (κ1) is 13.2. The van der Waals surface area contributed by atoms with Gasteiger partial charge in [-0.2, -0.15) is 0 Å². The Morgan fingerprint density at radius 3 is 2.44 bits per heavy atom. The molecule has 2 saturated heterocycles. The lowest BCUT2D eigenvalue weighted by Crippen LogP contribution is -2.65. The first-order valence-corrected chi connectivity index (χ1v) is 6.84. The van der Waals surface area contributed by atoms with Gasteiger partial charge in [0.15, 0.2) is 0 Å². The van der Waals surface area contributed by atoms with Crippen molar-refractivity contribution in [1.29, 1.82) is 0 Å². The normalized spacial score (nSPS) is 37.1. The van der Waals surface area contributed by atoms with Crippen molar-refractivity contribution in [3.63, 3.8) is 0 Å². The van der Waals surface area contributed by atoms with Gasteiger partial charge in [0, 0.05) is 6.42 Å². The summed E-state index contributed by atoms with van der Waals surface area (Å²) in [5.74, 6) is -2.62. The molecule has 6 nitrogen and oxygen atoms in total. The first-order valence-electron chi connectivity index (χ1n) is 5.62. The third-order valence-electron chi connectivity index (χ3n) is 3.60. The van der Waals surface area contributed by atoms with Crippen molar-refractivity contribution in [3.8, 4) is 0 Å². The monoisotopic (exact) mass is 272 g/mol. The Bertz CT molecular complexity index is 472. The number of hydrogen-bond acceptors (Lipinski definition) is 5. The maximum atomic E-state index is 12.3. The Kier molecular flexibility index (Phi) is 2.84. The van der Waals surface area contributed by atoms with E-state index in [1.807, 2.05) is 0 Å². The molecule has 0 N–H and O–H groups in total. The lowest BCUT2D eigenvalue weighted by atomic mass is 9.88. The summed E-state index contributed by atoms with van der Waals surface area (Å²) in [6.45, 7) is 4.44. The molecule has 2 rings (SSSR count). The van der Waals surface area contributed by atoms with Crippen LogP contribution in [0.15, 0.2) is 0 Å². The summed E-state index contributed by atoms with van der Waals surface area (Å²) in [6.07, 6.45) is 0.0155. The summed E-state index contributed by atoms with van der Waals surface area (Å²) >= 11 is 0. The molecule has 1 amide bonds. The number of carbonyl (C=O) groups is 3. The van der Waals surface area contributed by atoms with Gasteiger partial charge in [0.2, 0.25) is 5.91 Å². The van der Waals surface area contributed by atoms with Gasteiger partial charge in [0.1, 0.15) is 11.2 Å². The van der Waals surface area contributed by atoms with Gasteiger partial charge in [-0.25, -0.2) is 0 Å². The fourth-order valence-corrected chi connectivity index (χ4v) is 4.72. The molecule has 100 valence electrons. The van der Waals surface area contributed by atoms with Gasteiger partial charge >= 0.3 is 0 Å².